The Hall–Kier alpha value is 2.95. The van der Waals surface area contributed by atoms with E-state index in [1.165, 1.54) is 0 Å². The summed E-state index contributed by atoms with van der Waals surface area (Å²) in [5.41, 5.74) is -1.11. The van der Waals surface area contributed by atoms with Gasteiger partial charge in [0.15, 0.2) is 0 Å². The van der Waals surface area contributed by atoms with E-state index in [-0.39, 0.29) is 88.7 Å². The largest absolute Gasteiger partial charge is 1.00 e. The molecule has 0 radical (unpaired) electrons. The van der Waals surface area contributed by atoms with Crippen LogP contribution in [0.5, 0.6) is 0 Å². The summed E-state index contributed by atoms with van der Waals surface area (Å²) in [6.45, 7) is -1.62. The van der Waals surface area contributed by atoms with E-state index in [1.807, 2.05) is 0 Å². The molecule has 0 aromatic heterocycles. The van der Waals surface area contributed by atoms with Gasteiger partial charge in [-0.15, -0.1) is 0 Å². The fourth-order valence-electron chi connectivity index (χ4n) is 0.300. The molecule has 0 bridgehead atoms. The van der Waals surface area contributed by atoms with Crippen LogP contribution < -0.4 is 103 Å². The first kappa shape index (κ1) is 32.1. The first-order valence-corrected chi connectivity index (χ1v) is 4.87. The maximum absolute atomic E-state index is 8.55. The van der Waals surface area contributed by atoms with Gasteiger partial charge in [0.1, 0.15) is 0 Å². The van der Waals surface area contributed by atoms with Crippen molar-refractivity contribution >= 4 is 7.82 Å². The summed E-state index contributed by atoms with van der Waals surface area (Å²) in [6.07, 6.45) is 0. The molecule has 12 heteroatoms. The molecule has 0 aliphatic carbocycles. The van der Waals surface area contributed by atoms with Crippen LogP contribution in [0.2, 0.25) is 0 Å². The van der Waals surface area contributed by atoms with Gasteiger partial charge in [0.2, 0.25) is 0 Å². The molecule has 0 rings (SSSR count). The Morgan fingerprint density at radius 2 is 0.882 bits per heavy atom. The minimum absolute atomic E-state index is 0. The van der Waals surface area contributed by atoms with Gasteiger partial charge in [0.05, 0.1) is 31.8 Å². The minimum atomic E-state index is -5.39. The van der Waals surface area contributed by atoms with Crippen LogP contribution in [0, 0.1) is 5.41 Å². The van der Waals surface area contributed by atoms with Crippen molar-refractivity contribution < 1.29 is 128 Å². The number of rotatable bonds is 4. The van der Waals surface area contributed by atoms with E-state index in [2.05, 4.69) is 0 Å². The zero-order valence-corrected chi connectivity index (χ0v) is 17.1. The van der Waals surface area contributed by atoms with Crippen LogP contribution in [0.15, 0.2) is 0 Å². The van der Waals surface area contributed by atoms with Crippen molar-refractivity contribution in [2.75, 3.05) is 26.4 Å². The van der Waals surface area contributed by atoms with Crippen molar-refractivity contribution in [3.8, 4) is 0 Å². The van der Waals surface area contributed by atoms with Crippen LogP contribution in [0.3, 0.4) is 0 Å². The van der Waals surface area contributed by atoms with Crippen LogP contribution in [0.25, 0.3) is 0 Å². The van der Waals surface area contributed by atoms with Gasteiger partial charge in [-0.1, -0.05) is 0 Å². The summed E-state index contributed by atoms with van der Waals surface area (Å²) in [4.78, 5) is 25.6. The standard InChI is InChI=1S/C5H12O4.3Na.H3O4P/c6-1-5(2-7,3-8)4-9;;;;1-5(2,3)4/h6-9H,1-4H2;;;;(H3,1,2,3,4)/q;3*+1;/p-3. The third-order valence-corrected chi connectivity index (χ3v) is 1.34. The van der Waals surface area contributed by atoms with Gasteiger partial charge in [0, 0.05) is 0 Å². The average Bonchev–Trinajstić information content (AvgIpc) is 2.07. The second kappa shape index (κ2) is 17.0. The van der Waals surface area contributed by atoms with E-state index in [0.29, 0.717) is 0 Å². The molecule has 0 aliphatic heterocycles. The maximum atomic E-state index is 8.55. The molecule has 0 aliphatic rings. The minimum Gasteiger partial charge on any atom is -0.822 e. The zero-order chi connectivity index (χ0) is 11.8. The second-order valence-corrected chi connectivity index (χ2v) is 3.47. The Morgan fingerprint density at radius 3 is 0.882 bits per heavy atom. The Bertz CT molecular complexity index is 158. The molecule has 0 unspecified atom stereocenters. The van der Waals surface area contributed by atoms with Gasteiger partial charge in [0.25, 0.3) is 0 Å². The van der Waals surface area contributed by atoms with Crippen LogP contribution in [-0.2, 0) is 4.57 Å². The van der Waals surface area contributed by atoms with E-state index in [9.17, 15) is 0 Å². The van der Waals surface area contributed by atoms with Crippen molar-refractivity contribution in [3.63, 3.8) is 0 Å². The predicted octanol–water partition coefficient (Wildman–Crippen LogP) is -13.9. The first-order valence-electron chi connectivity index (χ1n) is 3.41. The Kier molecular flexibility index (Phi) is 32.1. The van der Waals surface area contributed by atoms with Crippen LogP contribution in [0.1, 0.15) is 0 Å². The fourth-order valence-corrected chi connectivity index (χ4v) is 0.300. The molecule has 0 heterocycles. The van der Waals surface area contributed by atoms with Crippen molar-refractivity contribution in [1.82, 2.24) is 0 Å². The van der Waals surface area contributed by atoms with Crippen molar-refractivity contribution in [2.45, 2.75) is 0 Å². The molecule has 0 amide bonds. The normalized spacial score (nSPS) is 9.82. The Labute approximate surface area is 166 Å². The van der Waals surface area contributed by atoms with Crippen LogP contribution in [-0.4, -0.2) is 46.9 Å². The number of aliphatic hydroxyl groups is 4. The van der Waals surface area contributed by atoms with Crippen molar-refractivity contribution in [3.05, 3.63) is 0 Å². The van der Waals surface area contributed by atoms with Gasteiger partial charge < -0.3 is 39.7 Å². The smallest absolute Gasteiger partial charge is 0.822 e. The molecule has 0 spiro atoms. The molecule has 0 aromatic carbocycles. The zero-order valence-electron chi connectivity index (χ0n) is 10.2. The SMILES string of the molecule is O=P([O-])([O-])[O-].OCC(CO)(CO)CO.[Na+].[Na+].[Na+]. The average molecular weight is 300 g/mol. The van der Waals surface area contributed by atoms with E-state index in [1.54, 1.807) is 0 Å². The number of hydrogen-bond acceptors (Lipinski definition) is 8. The topological polar surface area (TPSA) is 167 Å². The molecule has 0 fully saturated rings. The van der Waals surface area contributed by atoms with E-state index < -0.39 is 39.7 Å². The van der Waals surface area contributed by atoms with Crippen molar-refractivity contribution in [1.29, 1.82) is 0 Å². The van der Waals surface area contributed by atoms with Crippen LogP contribution >= 0.6 is 7.82 Å². The summed E-state index contributed by atoms with van der Waals surface area (Å²) in [6, 6.07) is 0. The third kappa shape index (κ3) is 24.4. The Morgan fingerprint density at radius 1 is 0.765 bits per heavy atom. The van der Waals surface area contributed by atoms with E-state index in [0.717, 1.165) is 0 Å². The van der Waals surface area contributed by atoms with Gasteiger partial charge in [-0.05, 0) is 0 Å². The molecular formula is C5H12Na3O8P. The molecule has 8 nitrogen and oxygen atoms in total. The van der Waals surface area contributed by atoms with E-state index in [4.69, 9.17) is 39.7 Å². The summed E-state index contributed by atoms with van der Waals surface area (Å²) >= 11 is 0. The monoisotopic (exact) mass is 300 g/mol. The van der Waals surface area contributed by atoms with Crippen molar-refractivity contribution in [2.24, 2.45) is 5.41 Å². The van der Waals surface area contributed by atoms with Gasteiger partial charge in [-0.3, -0.25) is 0 Å². The fraction of sp³-hybridized carbons (Fsp3) is 1.00. The summed E-state index contributed by atoms with van der Waals surface area (Å²) in [5.74, 6) is 0. The number of hydrogen-bond donors (Lipinski definition) is 4. The molecule has 17 heavy (non-hydrogen) atoms. The molecule has 4 N–H and O–H groups in total. The van der Waals surface area contributed by atoms with Gasteiger partial charge >= 0.3 is 88.7 Å². The molecule has 0 aromatic rings. The molecule has 0 saturated carbocycles. The van der Waals surface area contributed by atoms with Crippen LogP contribution in [0.4, 0.5) is 0 Å². The quantitative estimate of drug-likeness (QED) is 0.293. The molecular weight excluding hydrogens is 288 g/mol. The Balaban J connectivity index is -0.0000000533. The number of aliphatic hydroxyl groups excluding tert-OH is 4. The molecule has 0 atom stereocenters. The first-order chi connectivity index (χ1) is 6.24. The third-order valence-electron chi connectivity index (χ3n) is 1.34. The summed E-state index contributed by atoms with van der Waals surface area (Å²) in [7, 11) is -5.39. The second-order valence-electron chi connectivity index (χ2n) is 2.58. The summed E-state index contributed by atoms with van der Waals surface area (Å²) in [5, 5.41) is 34.0. The van der Waals surface area contributed by atoms with Gasteiger partial charge in [-0.2, -0.15) is 7.82 Å². The molecule has 88 valence electrons. The molecule has 0 saturated heterocycles. The summed E-state index contributed by atoms with van der Waals surface area (Å²) < 4.78 is 8.55. The van der Waals surface area contributed by atoms with E-state index >= 15 is 0 Å². The number of phosphoric acid groups is 1. The van der Waals surface area contributed by atoms with Gasteiger partial charge in [-0.25, -0.2) is 0 Å². The predicted molar refractivity (Wildman–Crippen MR) is 38.4 cm³/mol. The maximum Gasteiger partial charge on any atom is 1.00 e.